The van der Waals surface area contributed by atoms with E-state index in [1.165, 1.54) is 0 Å². The summed E-state index contributed by atoms with van der Waals surface area (Å²) in [6.07, 6.45) is 0. The number of hydrogen-bond acceptors (Lipinski definition) is 3. The Labute approximate surface area is 94.7 Å². The Morgan fingerprint density at radius 2 is 1.75 bits per heavy atom. The molecule has 0 bridgehead atoms. The molecule has 1 aromatic carbocycles. The Kier molecular flexibility index (Phi) is 4.44. The van der Waals surface area contributed by atoms with E-state index in [1.807, 2.05) is 12.1 Å². The van der Waals surface area contributed by atoms with E-state index >= 15 is 0 Å². The zero-order chi connectivity index (χ0) is 12.0. The van der Waals surface area contributed by atoms with Crippen LogP contribution in [-0.2, 0) is 6.54 Å². The summed E-state index contributed by atoms with van der Waals surface area (Å²) in [5.41, 5.74) is 0.916. The van der Waals surface area contributed by atoms with Crippen molar-refractivity contribution < 1.29 is 14.3 Å². The third-order valence-electron chi connectivity index (χ3n) is 2.09. The van der Waals surface area contributed by atoms with Crippen LogP contribution in [0.2, 0.25) is 0 Å². The van der Waals surface area contributed by atoms with Crippen LogP contribution in [0.15, 0.2) is 18.2 Å². The first kappa shape index (κ1) is 12.2. The van der Waals surface area contributed by atoms with Gasteiger partial charge in [-0.1, -0.05) is 0 Å². The van der Waals surface area contributed by atoms with Crippen LogP contribution in [0.3, 0.4) is 0 Å². The lowest BCUT2D eigenvalue weighted by molar-refractivity contribution is 0.242. The summed E-state index contributed by atoms with van der Waals surface area (Å²) in [5.74, 6) is 1.40. The molecule has 2 N–H and O–H groups in total. The number of urea groups is 1. The highest BCUT2D eigenvalue weighted by Gasteiger charge is 2.03. The first-order chi connectivity index (χ1) is 7.69. The van der Waals surface area contributed by atoms with E-state index in [0.29, 0.717) is 18.0 Å². The first-order valence-corrected chi connectivity index (χ1v) is 4.87. The van der Waals surface area contributed by atoms with E-state index in [-0.39, 0.29) is 6.03 Å². The molecule has 0 spiro atoms. The van der Waals surface area contributed by atoms with Gasteiger partial charge in [-0.3, -0.25) is 0 Å². The molecule has 0 saturated carbocycles. The van der Waals surface area contributed by atoms with Crippen molar-refractivity contribution in [3.8, 4) is 11.5 Å². The van der Waals surface area contributed by atoms with E-state index in [1.54, 1.807) is 27.3 Å². The molecule has 5 heteroatoms. The van der Waals surface area contributed by atoms with Gasteiger partial charge in [-0.2, -0.15) is 0 Å². The molecule has 1 rings (SSSR count). The zero-order valence-corrected chi connectivity index (χ0v) is 9.66. The molecule has 5 nitrogen and oxygen atoms in total. The van der Waals surface area contributed by atoms with Crippen molar-refractivity contribution in [3.05, 3.63) is 23.8 Å². The largest absolute Gasteiger partial charge is 0.497 e. The zero-order valence-electron chi connectivity index (χ0n) is 9.66. The Bertz CT molecular complexity index is 344. The highest BCUT2D eigenvalue weighted by molar-refractivity contribution is 5.73. The monoisotopic (exact) mass is 224 g/mol. The Morgan fingerprint density at radius 3 is 2.19 bits per heavy atom. The van der Waals surface area contributed by atoms with Gasteiger partial charge in [0.2, 0.25) is 0 Å². The van der Waals surface area contributed by atoms with E-state index in [2.05, 4.69) is 10.6 Å². The lowest BCUT2D eigenvalue weighted by atomic mass is 10.2. The van der Waals surface area contributed by atoms with Gasteiger partial charge in [0, 0.05) is 19.7 Å². The fourth-order valence-corrected chi connectivity index (χ4v) is 1.24. The van der Waals surface area contributed by atoms with Gasteiger partial charge >= 0.3 is 6.03 Å². The minimum absolute atomic E-state index is 0.221. The molecule has 0 fully saturated rings. The molecule has 88 valence electrons. The second-order valence-corrected chi connectivity index (χ2v) is 3.15. The maximum Gasteiger partial charge on any atom is 0.314 e. The Hall–Kier alpha value is -1.91. The summed E-state index contributed by atoms with van der Waals surface area (Å²) in [6, 6.07) is 5.25. The normalized spacial score (nSPS) is 9.44. The predicted molar refractivity (Wildman–Crippen MR) is 60.8 cm³/mol. The maximum absolute atomic E-state index is 11.0. The number of methoxy groups -OCH3 is 2. The van der Waals surface area contributed by atoms with Crippen molar-refractivity contribution in [3.63, 3.8) is 0 Å². The van der Waals surface area contributed by atoms with Gasteiger partial charge in [-0.05, 0) is 17.7 Å². The number of benzene rings is 1. The topological polar surface area (TPSA) is 59.6 Å². The SMILES string of the molecule is CNC(=O)NCc1cc(OC)cc(OC)c1. The smallest absolute Gasteiger partial charge is 0.314 e. The highest BCUT2D eigenvalue weighted by Crippen LogP contribution is 2.22. The van der Waals surface area contributed by atoms with E-state index < -0.39 is 0 Å². The highest BCUT2D eigenvalue weighted by atomic mass is 16.5. The minimum atomic E-state index is -0.221. The van der Waals surface area contributed by atoms with Crippen molar-refractivity contribution >= 4 is 6.03 Å². The number of ether oxygens (including phenoxy) is 2. The van der Waals surface area contributed by atoms with Crippen LogP contribution < -0.4 is 20.1 Å². The molecule has 1 aromatic rings. The van der Waals surface area contributed by atoms with Gasteiger partial charge in [-0.15, -0.1) is 0 Å². The molecular formula is C11H16N2O3. The average molecular weight is 224 g/mol. The van der Waals surface area contributed by atoms with Crippen molar-refractivity contribution in [1.29, 1.82) is 0 Å². The first-order valence-electron chi connectivity index (χ1n) is 4.87. The second kappa shape index (κ2) is 5.85. The summed E-state index contributed by atoms with van der Waals surface area (Å²) < 4.78 is 10.2. The Morgan fingerprint density at radius 1 is 1.19 bits per heavy atom. The average Bonchev–Trinajstić information content (AvgIpc) is 2.35. The van der Waals surface area contributed by atoms with Crippen LogP contribution in [-0.4, -0.2) is 27.3 Å². The van der Waals surface area contributed by atoms with Gasteiger partial charge in [0.15, 0.2) is 0 Å². The maximum atomic E-state index is 11.0. The fourth-order valence-electron chi connectivity index (χ4n) is 1.24. The summed E-state index contributed by atoms with van der Waals surface area (Å²) in [5, 5.41) is 5.17. The van der Waals surface area contributed by atoms with Gasteiger partial charge in [0.25, 0.3) is 0 Å². The van der Waals surface area contributed by atoms with Crippen molar-refractivity contribution in [1.82, 2.24) is 10.6 Å². The number of rotatable bonds is 4. The van der Waals surface area contributed by atoms with E-state index in [4.69, 9.17) is 9.47 Å². The van der Waals surface area contributed by atoms with E-state index in [9.17, 15) is 4.79 Å². The second-order valence-electron chi connectivity index (χ2n) is 3.15. The van der Waals surface area contributed by atoms with Gasteiger partial charge in [0.1, 0.15) is 11.5 Å². The molecule has 16 heavy (non-hydrogen) atoms. The fraction of sp³-hybridized carbons (Fsp3) is 0.364. The number of carbonyl (C=O) groups excluding carboxylic acids is 1. The number of amides is 2. The standard InChI is InChI=1S/C11H16N2O3/c1-12-11(14)13-7-8-4-9(15-2)6-10(5-8)16-3/h4-6H,7H2,1-3H3,(H2,12,13,14). The van der Waals surface area contributed by atoms with Crippen LogP contribution in [0, 0.1) is 0 Å². The summed E-state index contributed by atoms with van der Waals surface area (Å²) >= 11 is 0. The molecule has 0 atom stereocenters. The molecule has 0 saturated heterocycles. The van der Waals surface area contributed by atoms with Gasteiger partial charge < -0.3 is 20.1 Å². The lowest BCUT2D eigenvalue weighted by Crippen LogP contribution is -2.32. The molecule has 0 radical (unpaired) electrons. The molecule has 0 aliphatic rings. The van der Waals surface area contributed by atoms with Crippen LogP contribution in [0.1, 0.15) is 5.56 Å². The number of carbonyl (C=O) groups is 1. The summed E-state index contributed by atoms with van der Waals surface area (Å²) in [6.45, 7) is 0.424. The molecule has 0 aliphatic carbocycles. The van der Waals surface area contributed by atoms with Gasteiger partial charge in [-0.25, -0.2) is 4.79 Å². The molecule has 0 aromatic heterocycles. The van der Waals surface area contributed by atoms with Gasteiger partial charge in [0.05, 0.1) is 14.2 Å². The predicted octanol–water partition coefficient (Wildman–Crippen LogP) is 1.13. The quantitative estimate of drug-likeness (QED) is 0.806. The molecular weight excluding hydrogens is 208 g/mol. The number of nitrogens with one attached hydrogen (secondary N) is 2. The molecule has 2 amide bonds. The van der Waals surface area contributed by atoms with E-state index in [0.717, 1.165) is 5.56 Å². The summed E-state index contributed by atoms with van der Waals surface area (Å²) in [7, 11) is 4.75. The van der Waals surface area contributed by atoms with Crippen LogP contribution in [0.4, 0.5) is 4.79 Å². The van der Waals surface area contributed by atoms with Crippen LogP contribution in [0.25, 0.3) is 0 Å². The van der Waals surface area contributed by atoms with Crippen LogP contribution >= 0.6 is 0 Å². The third kappa shape index (κ3) is 3.34. The number of hydrogen-bond donors (Lipinski definition) is 2. The Balaban J connectivity index is 2.74. The van der Waals surface area contributed by atoms with Crippen molar-refractivity contribution in [2.75, 3.05) is 21.3 Å². The minimum Gasteiger partial charge on any atom is -0.497 e. The molecule has 0 unspecified atom stereocenters. The third-order valence-corrected chi connectivity index (χ3v) is 2.09. The summed E-state index contributed by atoms with van der Waals surface area (Å²) in [4.78, 5) is 11.0. The lowest BCUT2D eigenvalue weighted by Gasteiger charge is -2.09. The van der Waals surface area contributed by atoms with Crippen LogP contribution in [0.5, 0.6) is 11.5 Å². The molecule has 0 aliphatic heterocycles. The molecule has 0 heterocycles. The van der Waals surface area contributed by atoms with Crippen molar-refractivity contribution in [2.45, 2.75) is 6.54 Å². The van der Waals surface area contributed by atoms with Crippen molar-refractivity contribution in [2.24, 2.45) is 0 Å².